The Balaban J connectivity index is 1.69. The van der Waals surface area contributed by atoms with Crippen LogP contribution >= 0.6 is 0 Å². The summed E-state index contributed by atoms with van der Waals surface area (Å²) in [6, 6.07) is 0. The Hall–Kier alpha value is -1.06. The molecule has 0 N–H and O–H groups in total. The number of carbonyl (C=O) groups is 2. The van der Waals surface area contributed by atoms with Gasteiger partial charge in [-0.1, -0.05) is 41.5 Å². The minimum Gasteiger partial charge on any atom is -0.343 e. The largest absolute Gasteiger partial charge is 0.343 e. The van der Waals surface area contributed by atoms with Gasteiger partial charge in [0.1, 0.15) is 0 Å². The molecule has 2 fully saturated rings. The average molecular weight is 407 g/mol. The second-order valence-corrected chi connectivity index (χ2v) is 10.7. The molecule has 0 spiro atoms. The van der Waals surface area contributed by atoms with E-state index in [9.17, 15) is 9.59 Å². The highest BCUT2D eigenvalue weighted by Crippen LogP contribution is 2.30. The third-order valence-electron chi connectivity index (χ3n) is 7.55. The topological polar surface area (TPSA) is 40.6 Å². The molecule has 2 amide bonds. The lowest BCUT2D eigenvalue weighted by molar-refractivity contribution is -0.137. The Kier molecular flexibility index (Phi) is 9.49. The maximum Gasteiger partial charge on any atom is 0.225 e. The molecule has 2 heterocycles. The molecule has 0 aromatic heterocycles. The van der Waals surface area contributed by atoms with Crippen molar-refractivity contribution in [1.82, 2.24) is 9.80 Å². The van der Waals surface area contributed by atoms with Gasteiger partial charge in [-0.05, 0) is 68.1 Å². The highest BCUT2D eigenvalue weighted by molar-refractivity contribution is 5.78. The van der Waals surface area contributed by atoms with Crippen molar-refractivity contribution in [2.24, 2.45) is 35.5 Å². The summed E-state index contributed by atoms with van der Waals surface area (Å²) >= 11 is 0. The van der Waals surface area contributed by atoms with Crippen LogP contribution in [0.4, 0.5) is 0 Å². The summed E-state index contributed by atoms with van der Waals surface area (Å²) in [6.45, 7) is 17.0. The van der Waals surface area contributed by atoms with Crippen LogP contribution in [0, 0.1) is 35.5 Å². The SMILES string of the molecule is CC(C)CC(=O)N1CCC(C(C)CCC(C)C(=O)N2CCC(C(C)C)CC2)CC1. The van der Waals surface area contributed by atoms with Crippen molar-refractivity contribution >= 4 is 11.8 Å². The van der Waals surface area contributed by atoms with Gasteiger partial charge in [0, 0.05) is 38.5 Å². The number of nitrogens with zero attached hydrogens (tertiary/aromatic N) is 2. The highest BCUT2D eigenvalue weighted by Gasteiger charge is 2.29. The molecule has 0 aromatic rings. The highest BCUT2D eigenvalue weighted by atomic mass is 16.2. The number of likely N-dealkylation sites (tertiary alicyclic amines) is 2. The van der Waals surface area contributed by atoms with Gasteiger partial charge in [0.15, 0.2) is 0 Å². The van der Waals surface area contributed by atoms with E-state index >= 15 is 0 Å². The maximum absolute atomic E-state index is 12.9. The second-order valence-electron chi connectivity index (χ2n) is 10.7. The Labute approximate surface area is 179 Å². The number of hydrogen-bond donors (Lipinski definition) is 0. The first-order valence-electron chi connectivity index (χ1n) is 12.3. The lowest BCUT2D eigenvalue weighted by Gasteiger charge is -2.36. The van der Waals surface area contributed by atoms with E-state index in [4.69, 9.17) is 0 Å². The van der Waals surface area contributed by atoms with Crippen LogP contribution < -0.4 is 0 Å². The standard InChI is InChI=1S/C25H46N2O2/c1-18(2)17-24(28)26-13-11-23(12-14-26)20(5)7-8-21(6)25(29)27-15-9-22(10-16-27)19(3)4/h18-23H,7-17H2,1-6H3. The maximum atomic E-state index is 12.9. The number of amides is 2. The molecule has 2 saturated heterocycles. The molecule has 0 saturated carbocycles. The Morgan fingerprint density at radius 3 is 1.79 bits per heavy atom. The molecular weight excluding hydrogens is 360 g/mol. The summed E-state index contributed by atoms with van der Waals surface area (Å²) in [5.74, 6) is 4.13. The van der Waals surface area contributed by atoms with Crippen LogP contribution in [-0.4, -0.2) is 47.8 Å². The van der Waals surface area contributed by atoms with Crippen molar-refractivity contribution in [1.29, 1.82) is 0 Å². The first kappa shape index (κ1) is 24.2. The molecule has 2 aliphatic rings. The number of piperidine rings is 2. The first-order valence-corrected chi connectivity index (χ1v) is 12.3. The summed E-state index contributed by atoms with van der Waals surface area (Å²) in [5.41, 5.74) is 0. The first-order chi connectivity index (χ1) is 13.7. The van der Waals surface area contributed by atoms with Crippen LogP contribution in [0.25, 0.3) is 0 Å². The summed E-state index contributed by atoms with van der Waals surface area (Å²) in [7, 11) is 0. The Morgan fingerprint density at radius 1 is 0.759 bits per heavy atom. The summed E-state index contributed by atoms with van der Waals surface area (Å²) in [4.78, 5) is 29.3. The van der Waals surface area contributed by atoms with Crippen LogP contribution in [0.2, 0.25) is 0 Å². The van der Waals surface area contributed by atoms with Crippen LogP contribution in [0.1, 0.15) is 86.5 Å². The van der Waals surface area contributed by atoms with Crippen LogP contribution in [-0.2, 0) is 9.59 Å². The lowest BCUT2D eigenvalue weighted by Crippen LogP contribution is -2.42. The zero-order chi connectivity index (χ0) is 21.6. The van der Waals surface area contributed by atoms with Crippen molar-refractivity contribution in [2.75, 3.05) is 26.2 Å². The molecule has 2 rings (SSSR count). The molecular formula is C25H46N2O2. The van der Waals surface area contributed by atoms with Crippen molar-refractivity contribution in [3.05, 3.63) is 0 Å². The molecule has 29 heavy (non-hydrogen) atoms. The third-order valence-corrected chi connectivity index (χ3v) is 7.55. The van der Waals surface area contributed by atoms with Crippen molar-refractivity contribution in [3.8, 4) is 0 Å². The van der Waals surface area contributed by atoms with Gasteiger partial charge in [-0.15, -0.1) is 0 Å². The molecule has 0 bridgehead atoms. The van der Waals surface area contributed by atoms with E-state index in [0.29, 0.717) is 36.0 Å². The molecule has 2 aliphatic heterocycles. The quantitative estimate of drug-likeness (QED) is 0.554. The average Bonchev–Trinajstić information content (AvgIpc) is 2.70. The van der Waals surface area contributed by atoms with Gasteiger partial charge in [-0.25, -0.2) is 0 Å². The van der Waals surface area contributed by atoms with E-state index in [1.807, 2.05) is 0 Å². The fraction of sp³-hybridized carbons (Fsp3) is 0.920. The van der Waals surface area contributed by atoms with Crippen molar-refractivity contribution < 1.29 is 9.59 Å². The van der Waals surface area contributed by atoms with Gasteiger partial charge >= 0.3 is 0 Å². The molecule has 2 unspecified atom stereocenters. The van der Waals surface area contributed by atoms with Gasteiger partial charge in [0.2, 0.25) is 11.8 Å². The normalized spacial score (nSPS) is 21.7. The molecule has 0 radical (unpaired) electrons. The van der Waals surface area contributed by atoms with Crippen LogP contribution in [0.3, 0.4) is 0 Å². The van der Waals surface area contributed by atoms with Gasteiger partial charge < -0.3 is 9.80 Å². The summed E-state index contributed by atoms with van der Waals surface area (Å²) in [6.07, 6.45) is 7.37. The number of rotatable bonds is 8. The molecule has 2 atom stereocenters. The Morgan fingerprint density at radius 2 is 1.28 bits per heavy atom. The van der Waals surface area contributed by atoms with Gasteiger partial charge in [-0.3, -0.25) is 9.59 Å². The monoisotopic (exact) mass is 406 g/mol. The van der Waals surface area contributed by atoms with Crippen LogP contribution in [0.15, 0.2) is 0 Å². The smallest absolute Gasteiger partial charge is 0.225 e. The van der Waals surface area contributed by atoms with Crippen molar-refractivity contribution in [2.45, 2.75) is 86.5 Å². The number of carbonyl (C=O) groups excluding carboxylic acids is 2. The molecule has 168 valence electrons. The predicted molar refractivity (Wildman–Crippen MR) is 120 cm³/mol. The zero-order valence-electron chi connectivity index (χ0n) is 20.0. The molecule has 4 nitrogen and oxygen atoms in total. The lowest BCUT2D eigenvalue weighted by atomic mass is 9.81. The summed E-state index contributed by atoms with van der Waals surface area (Å²) < 4.78 is 0. The third kappa shape index (κ3) is 7.29. The van der Waals surface area contributed by atoms with E-state index in [-0.39, 0.29) is 5.92 Å². The summed E-state index contributed by atoms with van der Waals surface area (Å²) in [5, 5.41) is 0. The number of hydrogen-bond acceptors (Lipinski definition) is 2. The fourth-order valence-corrected chi connectivity index (χ4v) is 5.17. The van der Waals surface area contributed by atoms with Gasteiger partial charge in [0.05, 0.1) is 0 Å². The van der Waals surface area contributed by atoms with E-state index in [2.05, 4.69) is 51.3 Å². The van der Waals surface area contributed by atoms with E-state index < -0.39 is 0 Å². The Bertz CT molecular complexity index is 515. The molecule has 0 aromatic carbocycles. The fourth-order valence-electron chi connectivity index (χ4n) is 5.17. The predicted octanol–water partition coefficient (Wildman–Crippen LogP) is 5.22. The van der Waals surface area contributed by atoms with Crippen molar-refractivity contribution in [3.63, 3.8) is 0 Å². The van der Waals surface area contributed by atoms with E-state index in [1.54, 1.807) is 0 Å². The van der Waals surface area contributed by atoms with Gasteiger partial charge in [0.25, 0.3) is 0 Å². The minimum atomic E-state index is 0.140. The minimum absolute atomic E-state index is 0.140. The second kappa shape index (κ2) is 11.4. The van der Waals surface area contributed by atoms with E-state index in [0.717, 1.165) is 63.7 Å². The van der Waals surface area contributed by atoms with E-state index in [1.165, 1.54) is 12.8 Å². The zero-order valence-corrected chi connectivity index (χ0v) is 20.0. The van der Waals surface area contributed by atoms with Gasteiger partial charge in [-0.2, -0.15) is 0 Å². The molecule has 0 aliphatic carbocycles. The molecule has 4 heteroatoms. The van der Waals surface area contributed by atoms with Crippen LogP contribution in [0.5, 0.6) is 0 Å².